The van der Waals surface area contributed by atoms with Crippen molar-refractivity contribution in [2.45, 2.75) is 356 Å². The van der Waals surface area contributed by atoms with Crippen molar-refractivity contribution >= 4 is 70.0 Å². The van der Waals surface area contributed by atoms with E-state index in [2.05, 4.69) is 83.1 Å². The topological polar surface area (TPSA) is 283 Å². The van der Waals surface area contributed by atoms with Gasteiger partial charge >= 0.3 is 17.4 Å². The molecular weight excluding hydrogens is 1420 g/mol. The molecule has 0 amide bonds. The number of Topliss-reactive ketones (excluding diaryl/α,β-unsaturated/α-hetero) is 3. The van der Waals surface area contributed by atoms with Crippen molar-refractivity contribution in [3.8, 4) is 0 Å². The molecule has 0 aliphatic heterocycles. The van der Waals surface area contributed by atoms with E-state index in [1.54, 1.807) is 0 Å². The fourth-order valence-electron chi connectivity index (χ4n) is 32.9. The molecule has 3 N–H and O–H groups in total. The Morgan fingerprint density at radius 3 is 0.714 bits per heavy atom. The Hall–Kier alpha value is -3.94. The number of fused-ring (bicyclic) bond motifs is 21. The molecule has 15 rings (SSSR count). The number of carbonyl (C=O) groups excluding carboxylic acids is 9. The van der Waals surface area contributed by atoms with Gasteiger partial charge in [-0.15, -0.1) is 0 Å². The van der Waals surface area contributed by atoms with E-state index in [0.717, 1.165) is 96.3 Å². The van der Waals surface area contributed by atoms with Gasteiger partial charge in [-0.25, -0.2) is 0 Å². The van der Waals surface area contributed by atoms with Gasteiger partial charge in [-0.2, -0.15) is 0 Å². The second-order valence-corrected chi connectivity index (χ2v) is 47.0. The maximum Gasteiger partial charge on any atom is 3.00 e. The number of aliphatic hydroxyl groups is 3. The molecule has 0 radical (unpaired) electrons. The van der Waals surface area contributed by atoms with Crippen molar-refractivity contribution in [2.24, 2.45) is 151 Å². The molecule has 12 saturated carbocycles. The summed E-state index contributed by atoms with van der Waals surface area (Å²) >= 11 is 0. The third-order valence-corrected chi connectivity index (χ3v) is 41.6. The fraction of sp³-hybridized carbons (Fsp3) is 0.844. The van der Waals surface area contributed by atoms with Gasteiger partial charge in [0.1, 0.15) is 16.8 Å². The molecule has 0 heterocycles. The molecule has 0 saturated heterocycles. The summed E-state index contributed by atoms with van der Waals surface area (Å²) in [5, 5.41) is 71.1. The molecule has 112 heavy (non-hydrogen) atoms. The van der Waals surface area contributed by atoms with Crippen LogP contribution in [0.2, 0.25) is 0 Å². The molecule has 618 valence electrons. The Kier molecular flexibility index (Phi) is 20.3. The molecule has 27 atom stereocenters. The summed E-state index contributed by atoms with van der Waals surface area (Å²) < 4.78 is 0. The normalized spacial score (nSPS) is 52.2. The van der Waals surface area contributed by atoms with Crippen LogP contribution in [0.1, 0.15) is 340 Å². The Morgan fingerprint density at radius 2 is 0.518 bits per heavy atom. The van der Waals surface area contributed by atoms with Crippen LogP contribution >= 0.6 is 0 Å². The van der Waals surface area contributed by atoms with E-state index < -0.39 is 67.2 Å². The number of carbonyl (C=O) groups is 9. The maximum atomic E-state index is 14.3. The van der Waals surface area contributed by atoms with Gasteiger partial charge in [0.05, 0.1) is 0 Å². The molecule has 6 unspecified atom stereocenters. The first-order chi connectivity index (χ1) is 50.5. The third kappa shape index (κ3) is 11.0. The van der Waals surface area contributed by atoms with Crippen LogP contribution in [0.5, 0.6) is 0 Å². The van der Waals surface area contributed by atoms with E-state index >= 15 is 0 Å². The average molecular weight is 1560 g/mol. The SMILES string of the molecule is CC(=O)[C@]1(O)CC[C@@]2(C)C(CC[C@]3(C)C2C(=O)C=C2[C@H]4C[C@@](C)(C(=O)[O-])CC[C@]4(C)CC[C@]23C)C1(C)C.CC(=O)[C@]1(O)CC[C@@]2(C)C(CC[C@]3(C)C2C(=O)C=C2[C@H]4C[C@@](C)(C(=O)[O-])CC[C@]4(C)CC[C@]23C)C1(C)C.CC(=O)[C@]1(O)CC[C@@]2(C)C(CC[C@]3(C)C2C(=O)C=C2[C@H]4C[C@@](C)(C(=O)[O-])CC[C@]4(C)CC[C@]23C)C1(C)C.[Al+3]. The summed E-state index contributed by atoms with van der Waals surface area (Å²) in [5.41, 5.74) is -7.21. The summed E-state index contributed by atoms with van der Waals surface area (Å²) in [6.07, 6.45) is 26.5. The van der Waals surface area contributed by atoms with Crippen molar-refractivity contribution in [3.63, 3.8) is 0 Å². The van der Waals surface area contributed by atoms with Crippen LogP contribution in [0.15, 0.2) is 34.9 Å². The average Bonchev–Trinajstić information content (AvgIpc) is 0.676. The monoisotopic (exact) mass is 1560 g/mol. The van der Waals surface area contributed by atoms with Gasteiger partial charge in [0.15, 0.2) is 34.7 Å². The molecule has 0 aromatic rings. The minimum absolute atomic E-state index is 0. The van der Waals surface area contributed by atoms with Gasteiger partial charge in [-0.05, 0) is 313 Å². The van der Waals surface area contributed by atoms with Crippen molar-refractivity contribution in [1.29, 1.82) is 0 Å². The molecule has 0 spiro atoms. The Labute approximate surface area is 681 Å². The number of allylic oxidation sites excluding steroid dienone is 6. The van der Waals surface area contributed by atoms with Gasteiger partial charge in [-0.3, -0.25) is 28.8 Å². The summed E-state index contributed by atoms with van der Waals surface area (Å²) in [6, 6.07) is 0. The zero-order valence-corrected chi connectivity index (χ0v) is 74.5. The Balaban J connectivity index is 0.000000155. The summed E-state index contributed by atoms with van der Waals surface area (Å²) in [7, 11) is 0. The molecule has 0 aromatic carbocycles. The first-order valence-corrected chi connectivity index (χ1v) is 43.6. The summed E-state index contributed by atoms with van der Waals surface area (Å²) in [4.78, 5) is 117. The largest absolute Gasteiger partial charge is 3.00 e. The number of carboxylic acid groups (broad SMARTS) is 3. The first-order valence-electron chi connectivity index (χ1n) is 43.6. The fourth-order valence-corrected chi connectivity index (χ4v) is 32.9. The van der Waals surface area contributed by atoms with Crippen LogP contribution in [-0.4, -0.2) is 102 Å². The van der Waals surface area contributed by atoms with Crippen molar-refractivity contribution in [3.05, 3.63) is 34.9 Å². The molecule has 12 fully saturated rings. The van der Waals surface area contributed by atoms with Crippen LogP contribution in [0, 0.1) is 151 Å². The molecule has 15 aliphatic rings. The van der Waals surface area contributed by atoms with Crippen LogP contribution in [0.4, 0.5) is 0 Å². The smallest absolute Gasteiger partial charge is 0.550 e. The van der Waals surface area contributed by atoms with Crippen molar-refractivity contribution in [1.82, 2.24) is 0 Å². The molecule has 0 bridgehead atoms. The van der Waals surface area contributed by atoms with E-state index in [1.807, 2.05) is 80.5 Å². The number of ketones is 6. The van der Waals surface area contributed by atoms with Crippen LogP contribution in [-0.2, 0) is 43.2 Å². The van der Waals surface area contributed by atoms with E-state index in [0.29, 0.717) is 77.0 Å². The van der Waals surface area contributed by atoms with Crippen LogP contribution in [0.3, 0.4) is 0 Å². The number of aliphatic carboxylic acids is 3. The van der Waals surface area contributed by atoms with E-state index in [1.165, 1.54) is 37.5 Å². The van der Waals surface area contributed by atoms with Gasteiger partial charge in [0, 0.05) is 68.2 Å². The van der Waals surface area contributed by atoms with E-state index in [9.17, 15) is 73.8 Å². The van der Waals surface area contributed by atoms with E-state index in [4.69, 9.17) is 0 Å². The minimum Gasteiger partial charge on any atom is -0.550 e. The molecule has 15 nitrogen and oxygen atoms in total. The predicted molar refractivity (Wildman–Crippen MR) is 426 cm³/mol. The van der Waals surface area contributed by atoms with Gasteiger partial charge in [0.2, 0.25) is 0 Å². The van der Waals surface area contributed by atoms with Gasteiger partial charge < -0.3 is 45.0 Å². The predicted octanol–water partition coefficient (Wildman–Crippen LogP) is 14.7. The molecule has 15 aliphatic carbocycles. The number of hydrogen-bond donors (Lipinski definition) is 3. The standard InChI is InChI=1S/3C32H48O5.Al/c3*1-19(33)32(37)16-14-29(6)23(26(32,2)3)9-10-31(8)24(29)22(34)17-20-21-18-28(5,25(35)36)12-11-27(21,4)13-15-30(20,31)7;/h3*17,21,23-24,37H,9-16,18H2,1-8H3,(H,35,36);/q;;;+3/p-3/t3*21-,23?,24?,27-,28+,29+,30-,31-,32-;/m111./s1. The number of hydrogen-bond acceptors (Lipinski definition) is 15. The number of carboxylic acids is 3. The Bertz CT molecular complexity index is 3730. The zero-order valence-electron chi connectivity index (χ0n) is 73.3. The summed E-state index contributed by atoms with van der Waals surface area (Å²) in [5.74, 6) is -3.01. The van der Waals surface area contributed by atoms with Gasteiger partial charge in [0.25, 0.3) is 0 Å². The number of rotatable bonds is 6. The second kappa shape index (κ2) is 26.0. The molecule has 16 heteroatoms. The van der Waals surface area contributed by atoms with Gasteiger partial charge in [-0.1, -0.05) is 162 Å². The maximum absolute atomic E-state index is 14.3. The van der Waals surface area contributed by atoms with Crippen molar-refractivity contribution < 1.29 is 73.8 Å². The van der Waals surface area contributed by atoms with E-state index in [-0.39, 0.29) is 170 Å². The van der Waals surface area contributed by atoms with Crippen LogP contribution in [0.25, 0.3) is 0 Å². The quantitative estimate of drug-likeness (QED) is 0.208. The Morgan fingerprint density at radius 1 is 0.312 bits per heavy atom. The van der Waals surface area contributed by atoms with Crippen LogP contribution < -0.4 is 15.3 Å². The molecular formula is C96H141AlO15. The minimum atomic E-state index is -1.36. The third-order valence-electron chi connectivity index (χ3n) is 41.6. The first kappa shape index (κ1) is 87.4. The summed E-state index contributed by atoms with van der Waals surface area (Å²) in [6.45, 7) is 49.9. The zero-order chi connectivity index (χ0) is 82.8. The second-order valence-electron chi connectivity index (χ2n) is 47.0. The molecule has 0 aromatic heterocycles. The van der Waals surface area contributed by atoms with Crippen molar-refractivity contribution in [2.75, 3.05) is 0 Å².